The molecular weight excluding hydrogens is 269 g/mol. The highest BCUT2D eigenvalue weighted by atomic mass is 35.5. The van der Waals surface area contributed by atoms with Crippen molar-refractivity contribution in [2.45, 2.75) is 0 Å². The van der Waals surface area contributed by atoms with Crippen LogP contribution in [0.2, 0.25) is 10.2 Å². The van der Waals surface area contributed by atoms with Gasteiger partial charge < -0.3 is 5.32 Å². The minimum atomic E-state index is -0.345. The molecule has 0 aliphatic rings. The van der Waals surface area contributed by atoms with Crippen LogP contribution in [0.3, 0.4) is 0 Å². The third-order valence-corrected chi connectivity index (χ3v) is 3.33. The minimum Gasteiger partial charge on any atom is -0.303 e. The molecule has 0 saturated carbocycles. The lowest BCUT2D eigenvalue weighted by Gasteiger charge is -2.03. The molecule has 2 heterocycles. The van der Waals surface area contributed by atoms with Gasteiger partial charge in [0, 0.05) is 12.4 Å². The van der Waals surface area contributed by atoms with Gasteiger partial charge in [0.1, 0.15) is 4.88 Å². The summed E-state index contributed by atoms with van der Waals surface area (Å²) in [5, 5.41) is 4.81. The van der Waals surface area contributed by atoms with E-state index in [4.69, 9.17) is 23.2 Å². The van der Waals surface area contributed by atoms with Gasteiger partial charge in [0.2, 0.25) is 0 Å². The summed E-state index contributed by atoms with van der Waals surface area (Å²) in [5.74, 6) is -0.124. The van der Waals surface area contributed by atoms with Gasteiger partial charge in [-0.25, -0.2) is 9.97 Å². The molecule has 4 nitrogen and oxygen atoms in total. The minimum absolute atomic E-state index is 0.142. The van der Waals surface area contributed by atoms with E-state index in [1.807, 2.05) is 0 Å². The molecule has 0 aromatic carbocycles. The summed E-state index contributed by atoms with van der Waals surface area (Å²) in [6.07, 6.45) is 2.88. The zero-order valence-electron chi connectivity index (χ0n) is 7.78. The van der Waals surface area contributed by atoms with Crippen LogP contribution < -0.4 is 5.32 Å². The number of anilines is 1. The molecule has 0 saturated heterocycles. The van der Waals surface area contributed by atoms with Crippen molar-refractivity contribution in [1.29, 1.82) is 0 Å². The Labute approximate surface area is 105 Å². The van der Waals surface area contributed by atoms with E-state index in [-0.39, 0.29) is 16.9 Å². The fraction of sp³-hybridized carbons (Fsp3) is 0. The number of nitrogens with one attached hydrogen (secondary N) is 1. The number of carbonyl (C=O) groups excluding carboxylic acids is 1. The second kappa shape index (κ2) is 4.78. The first-order chi connectivity index (χ1) is 7.68. The summed E-state index contributed by atoms with van der Waals surface area (Å²) >= 11 is 12.8. The van der Waals surface area contributed by atoms with Gasteiger partial charge in [-0.05, 0) is 11.4 Å². The molecule has 0 unspecified atom stereocenters. The fourth-order valence-corrected chi connectivity index (χ4v) is 2.21. The van der Waals surface area contributed by atoms with Crippen molar-refractivity contribution >= 4 is 46.3 Å². The van der Waals surface area contributed by atoms with Gasteiger partial charge in [0.05, 0.1) is 5.02 Å². The molecule has 1 N–H and O–H groups in total. The number of carbonyl (C=O) groups is 1. The van der Waals surface area contributed by atoms with Crippen LogP contribution in [0.25, 0.3) is 0 Å². The number of rotatable bonds is 2. The van der Waals surface area contributed by atoms with Gasteiger partial charge in [-0.2, -0.15) is 0 Å². The first kappa shape index (κ1) is 11.3. The van der Waals surface area contributed by atoms with Crippen molar-refractivity contribution in [1.82, 2.24) is 9.97 Å². The summed E-state index contributed by atoms with van der Waals surface area (Å²) in [7, 11) is 0. The van der Waals surface area contributed by atoms with Crippen LogP contribution in [0.1, 0.15) is 9.67 Å². The van der Waals surface area contributed by atoms with Crippen molar-refractivity contribution < 1.29 is 4.79 Å². The normalized spacial score (nSPS) is 10.1. The maximum Gasteiger partial charge on any atom is 0.268 e. The predicted octanol–water partition coefficient (Wildman–Crippen LogP) is 3.10. The maximum absolute atomic E-state index is 11.7. The third kappa shape index (κ3) is 2.32. The van der Waals surface area contributed by atoms with Crippen LogP contribution in [0.5, 0.6) is 0 Å². The average Bonchev–Trinajstić information content (AvgIpc) is 2.68. The first-order valence-electron chi connectivity index (χ1n) is 4.19. The second-order valence-corrected chi connectivity index (χ2v) is 4.43. The number of halogens is 2. The number of amides is 1. The lowest BCUT2D eigenvalue weighted by molar-refractivity contribution is 0.103. The van der Waals surface area contributed by atoms with Gasteiger partial charge in [-0.15, -0.1) is 11.3 Å². The third-order valence-electron chi connectivity index (χ3n) is 1.71. The first-order valence-corrected chi connectivity index (χ1v) is 5.83. The molecule has 0 atom stereocenters. The van der Waals surface area contributed by atoms with Gasteiger partial charge in [-0.1, -0.05) is 23.2 Å². The van der Waals surface area contributed by atoms with Crippen LogP contribution >= 0.6 is 34.5 Å². The Bertz CT molecular complexity index is 529. The van der Waals surface area contributed by atoms with Crippen LogP contribution in [-0.4, -0.2) is 15.9 Å². The molecule has 0 aliphatic heterocycles. The van der Waals surface area contributed by atoms with Gasteiger partial charge in [0.15, 0.2) is 11.0 Å². The zero-order chi connectivity index (χ0) is 11.5. The number of thiophene rings is 1. The number of hydrogen-bond acceptors (Lipinski definition) is 4. The van der Waals surface area contributed by atoms with Gasteiger partial charge in [-0.3, -0.25) is 4.79 Å². The van der Waals surface area contributed by atoms with E-state index >= 15 is 0 Å². The SMILES string of the molecule is O=C(Nc1nccnc1Cl)c1sccc1Cl. The van der Waals surface area contributed by atoms with E-state index in [1.54, 1.807) is 11.4 Å². The summed E-state index contributed by atoms with van der Waals surface area (Å²) in [6.45, 7) is 0. The van der Waals surface area contributed by atoms with Crippen LogP contribution in [0.15, 0.2) is 23.8 Å². The van der Waals surface area contributed by atoms with Crippen LogP contribution in [0.4, 0.5) is 5.82 Å². The molecule has 16 heavy (non-hydrogen) atoms. The molecule has 1 amide bonds. The average molecular weight is 274 g/mol. The van der Waals surface area contributed by atoms with Crippen molar-refractivity contribution in [3.63, 3.8) is 0 Å². The largest absolute Gasteiger partial charge is 0.303 e. The van der Waals surface area contributed by atoms with Gasteiger partial charge >= 0.3 is 0 Å². The van der Waals surface area contributed by atoms with Crippen molar-refractivity contribution in [3.8, 4) is 0 Å². The highest BCUT2D eigenvalue weighted by Gasteiger charge is 2.14. The molecule has 7 heteroatoms. The van der Waals surface area contributed by atoms with Crippen molar-refractivity contribution in [2.75, 3.05) is 5.32 Å². The van der Waals surface area contributed by atoms with Crippen LogP contribution in [-0.2, 0) is 0 Å². The van der Waals surface area contributed by atoms with E-state index in [0.717, 1.165) is 0 Å². The Morgan fingerprint density at radius 2 is 2.06 bits per heavy atom. The number of nitrogens with zero attached hydrogens (tertiary/aromatic N) is 2. The Kier molecular flexibility index (Phi) is 3.38. The Morgan fingerprint density at radius 1 is 1.31 bits per heavy atom. The molecular formula is C9H5Cl2N3OS. The van der Waals surface area contributed by atoms with Gasteiger partial charge in [0.25, 0.3) is 5.91 Å². The molecule has 0 fully saturated rings. The molecule has 2 aromatic heterocycles. The number of hydrogen-bond donors (Lipinski definition) is 1. The van der Waals surface area contributed by atoms with E-state index in [1.165, 1.54) is 23.7 Å². The molecule has 0 bridgehead atoms. The van der Waals surface area contributed by atoms with E-state index in [0.29, 0.717) is 9.90 Å². The summed E-state index contributed by atoms with van der Waals surface area (Å²) in [6, 6.07) is 1.65. The molecule has 0 aliphatic carbocycles. The topological polar surface area (TPSA) is 54.9 Å². The standard InChI is InChI=1S/C9H5Cl2N3OS/c10-5-1-4-16-6(5)9(15)14-8-7(11)12-2-3-13-8/h1-4H,(H,13,14,15). The zero-order valence-corrected chi connectivity index (χ0v) is 10.1. The lowest BCUT2D eigenvalue weighted by atomic mass is 10.4. The number of aromatic nitrogens is 2. The second-order valence-electron chi connectivity index (χ2n) is 2.75. The Hall–Kier alpha value is -1.17. The molecule has 2 rings (SSSR count). The van der Waals surface area contributed by atoms with E-state index in [2.05, 4.69) is 15.3 Å². The highest BCUT2D eigenvalue weighted by molar-refractivity contribution is 7.12. The van der Waals surface area contributed by atoms with E-state index < -0.39 is 0 Å². The lowest BCUT2D eigenvalue weighted by Crippen LogP contribution is -2.12. The summed E-state index contributed by atoms with van der Waals surface area (Å²) in [4.78, 5) is 19.8. The van der Waals surface area contributed by atoms with E-state index in [9.17, 15) is 4.79 Å². The Balaban J connectivity index is 2.21. The molecule has 2 aromatic rings. The summed E-state index contributed by atoms with van der Waals surface area (Å²) < 4.78 is 0. The van der Waals surface area contributed by atoms with Crippen LogP contribution in [0, 0.1) is 0 Å². The molecule has 82 valence electrons. The highest BCUT2D eigenvalue weighted by Crippen LogP contribution is 2.23. The van der Waals surface area contributed by atoms with Crippen molar-refractivity contribution in [2.24, 2.45) is 0 Å². The maximum atomic E-state index is 11.7. The molecule has 0 radical (unpaired) electrons. The molecule has 0 spiro atoms. The smallest absolute Gasteiger partial charge is 0.268 e. The summed E-state index contributed by atoms with van der Waals surface area (Å²) in [5.41, 5.74) is 0. The predicted molar refractivity (Wildman–Crippen MR) is 64.3 cm³/mol. The Morgan fingerprint density at radius 3 is 2.69 bits per heavy atom. The monoisotopic (exact) mass is 273 g/mol. The quantitative estimate of drug-likeness (QED) is 0.915. The van der Waals surface area contributed by atoms with Crippen molar-refractivity contribution in [3.05, 3.63) is 38.9 Å². The fourth-order valence-electron chi connectivity index (χ4n) is 1.02.